The molecule has 2 amide bonds. The van der Waals surface area contributed by atoms with Crippen LogP contribution in [0, 0.1) is 6.92 Å². The molecule has 1 aliphatic rings. The minimum Gasteiger partial charge on any atom is -0.507 e. The van der Waals surface area contributed by atoms with Crippen molar-refractivity contribution in [1.29, 1.82) is 0 Å². The number of hydrogen-bond acceptors (Lipinski definition) is 8. The lowest BCUT2D eigenvalue weighted by Crippen LogP contribution is -2.40. The van der Waals surface area contributed by atoms with Crippen LogP contribution in [0.15, 0.2) is 65.6 Å². The molecule has 5 rings (SSSR count). The molecule has 1 aliphatic heterocycles. The van der Waals surface area contributed by atoms with Crippen LogP contribution in [0.3, 0.4) is 0 Å². The third kappa shape index (κ3) is 6.47. The van der Waals surface area contributed by atoms with E-state index in [0.717, 1.165) is 11.1 Å². The van der Waals surface area contributed by atoms with Gasteiger partial charge < -0.3 is 25.4 Å². The maximum absolute atomic E-state index is 13.1. The Morgan fingerprint density at radius 1 is 1.00 bits per heavy atom. The quantitative estimate of drug-likeness (QED) is 0.293. The molecule has 11 heteroatoms. The summed E-state index contributed by atoms with van der Waals surface area (Å²) in [6.07, 6.45) is 1.48. The first kappa shape index (κ1) is 30.4. The number of ether oxygens (including phenoxy) is 1. The van der Waals surface area contributed by atoms with Gasteiger partial charge in [-0.05, 0) is 59.9 Å². The van der Waals surface area contributed by atoms with E-state index >= 15 is 0 Å². The predicted octanol–water partition coefficient (Wildman–Crippen LogP) is 4.62. The molecule has 2 aromatic carbocycles. The summed E-state index contributed by atoms with van der Waals surface area (Å²) in [5.41, 5.74) is 3.72. The summed E-state index contributed by atoms with van der Waals surface area (Å²) in [6, 6.07) is 15.4. The number of phenolic OH excluding ortho intramolecular Hbond substituents is 1. The third-order valence-electron chi connectivity index (χ3n) is 7.60. The minimum atomic E-state index is -0.444. The Kier molecular flexibility index (Phi) is 8.50. The van der Waals surface area contributed by atoms with Crippen molar-refractivity contribution in [2.75, 3.05) is 36.9 Å². The van der Waals surface area contributed by atoms with Gasteiger partial charge in [-0.3, -0.25) is 14.4 Å². The molecule has 228 valence electrons. The minimum absolute atomic E-state index is 0.0914. The number of nitrogens with one attached hydrogen (secondary N) is 2. The number of nitrogens with zero attached hydrogens (tertiary/aromatic N) is 4. The maximum Gasteiger partial charge on any atom is 0.290 e. The van der Waals surface area contributed by atoms with Crippen LogP contribution in [-0.4, -0.2) is 62.9 Å². The molecule has 2 aromatic heterocycles. The number of amides is 2. The second-order valence-corrected chi connectivity index (χ2v) is 11.7. The number of aromatic nitrogens is 3. The molecule has 0 bridgehead atoms. The Hall–Kier alpha value is -5.03. The largest absolute Gasteiger partial charge is 0.507 e. The lowest BCUT2D eigenvalue weighted by atomic mass is 9.86. The summed E-state index contributed by atoms with van der Waals surface area (Å²) in [5, 5.41) is 21.0. The number of aryl methyl sites for hydroxylation is 1. The molecule has 1 saturated heterocycles. The average molecular weight is 597 g/mol. The van der Waals surface area contributed by atoms with Crippen LogP contribution in [0.2, 0.25) is 0 Å². The van der Waals surface area contributed by atoms with E-state index in [1.165, 1.54) is 10.9 Å². The highest BCUT2D eigenvalue weighted by Gasteiger charge is 2.21. The van der Waals surface area contributed by atoms with Gasteiger partial charge in [0.05, 0.1) is 30.0 Å². The van der Waals surface area contributed by atoms with Crippen molar-refractivity contribution >= 4 is 29.0 Å². The van der Waals surface area contributed by atoms with Gasteiger partial charge >= 0.3 is 0 Å². The number of carbonyl (C=O) groups excluding carboxylic acids is 2. The zero-order chi connectivity index (χ0) is 31.6. The number of morpholine rings is 1. The number of rotatable bonds is 6. The van der Waals surface area contributed by atoms with Gasteiger partial charge in [-0.2, -0.15) is 5.10 Å². The zero-order valence-corrected chi connectivity index (χ0v) is 25.5. The van der Waals surface area contributed by atoms with Gasteiger partial charge in [-0.25, -0.2) is 9.67 Å². The van der Waals surface area contributed by atoms with Crippen molar-refractivity contribution in [1.82, 2.24) is 19.7 Å². The van der Waals surface area contributed by atoms with E-state index < -0.39 is 5.91 Å². The summed E-state index contributed by atoms with van der Waals surface area (Å²) in [7, 11) is 1.56. The Balaban J connectivity index is 1.37. The smallest absolute Gasteiger partial charge is 0.290 e. The van der Waals surface area contributed by atoms with Gasteiger partial charge in [0.1, 0.15) is 17.3 Å². The number of aromatic hydroxyl groups is 1. The lowest BCUT2D eigenvalue weighted by Gasteiger charge is -2.26. The van der Waals surface area contributed by atoms with Crippen LogP contribution in [-0.2, 0) is 17.2 Å². The van der Waals surface area contributed by atoms with Gasteiger partial charge in [-0.1, -0.05) is 39.0 Å². The zero-order valence-electron chi connectivity index (χ0n) is 25.5. The molecule has 0 spiro atoms. The van der Waals surface area contributed by atoms with Gasteiger partial charge in [-0.15, -0.1) is 0 Å². The molecule has 11 nitrogen and oxygen atoms in total. The number of carbonyl (C=O) groups is 2. The first-order valence-electron chi connectivity index (χ1n) is 14.4. The van der Waals surface area contributed by atoms with Crippen LogP contribution >= 0.6 is 0 Å². The van der Waals surface area contributed by atoms with Crippen LogP contribution in [0.1, 0.15) is 52.6 Å². The second kappa shape index (κ2) is 12.3. The molecule has 3 heterocycles. The van der Waals surface area contributed by atoms with E-state index in [-0.39, 0.29) is 33.9 Å². The topological polar surface area (TPSA) is 139 Å². The first-order chi connectivity index (χ1) is 20.9. The normalized spacial score (nSPS) is 13.4. The fourth-order valence-electron chi connectivity index (χ4n) is 4.94. The first-order valence-corrected chi connectivity index (χ1v) is 14.4. The fraction of sp³-hybridized carbons (Fsp3) is 0.303. The molecular formula is C33H36N6O5. The number of benzene rings is 2. The van der Waals surface area contributed by atoms with E-state index in [1.54, 1.807) is 54.4 Å². The molecule has 0 aliphatic carbocycles. The maximum atomic E-state index is 13.1. The molecule has 0 radical (unpaired) electrons. The molecule has 44 heavy (non-hydrogen) atoms. The van der Waals surface area contributed by atoms with Crippen LogP contribution < -0.4 is 16.2 Å². The van der Waals surface area contributed by atoms with Crippen LogP contribution in [0.4, 0.5) is 17.2 Å². The van der Waals surface area contributed by atoms with Crippen molar-refractivity contribution in [3.8, 4) is 17.0 Å². The van der Waals surface area contributed by atoms with Crippen molar-refractivity contribution in [3.05, 3.63) is 93.4 Å². The summed E-state index contributed by atoms with van der Waals surface area (Å²) in [6.45, 7) is 10.0. The highest BCUT2D eigenvalue weighted by Crippen LogP contribution is 2.31. The Bertz CT molecular complexity index is 1770. The fourth-order valence-corrected chi connectivity index (χ4v) is 4.94. The van der Waals surface area contributed by atoms with Crippen LogP contribution in [0.5, 0.6) is 5.75 Å². The number of anilines is 3. The van der Waals surface area contributed by atoms with Crippen molar-refractivity contribution in [3.63, 3.8) is 0 Å². The van der Waals surface area contributed by atoms with Gasteiger partial charge in [0.25, 0.3) is 17.4 Å². The molecule has 1 fully saturated rings. The summed E-state index contributed by atoms with van der Waals surface area (Å²) < 4.78 is 6.55. The summed E-state index contributed by atoms with van der Waals surface area (Å²) in [5.74, 6) is -0.256. The van der Waals surface area contributed by atoms with E-state index in [0.29, 0.717) is 54.6 Å². The molecule has 0 saturated carbocycles. The Labute approximate surface area is 255 Å². The van der Waals surface area contributed by atoms with Gasteiger partial charge in [0.15, 0.2) is 0 Å². The molecule has 3 N–H and O–H groups in total. The van der Waals surface area contributed by atoms with E-state index in [9.17, 15) is 19.5 Å². The van der Waals surface area contributed by atoms with Crippen molar-refractivity contribution in [2.24, 2.45) is 7.05 Å². The SMILES string of the molecule is Cc1c(NC(=O)c2ccc(C(C)(C)C)cc2O)cccc1-c1cc(Nc2ccc(C(=O)N3CCOCC3)cn2)c(=O)n(C)n1. The van der Waals surface area contributed by atoms with E-state index in [2.05, 4.69) is 20.7 Å². The van der Waals surface area contributed by atoms with Crippen molar-refractivity contribution < 1.29 is 19.4 Å². The van der Waals surface area contributed by atoms with Crippen molar-refractivity contribution in [2.45, 2.75) is 33.1 Å². The average Bonchev–Trinajstić information content (AvgIpc) is 3.00. The molecular weight excluding hydrogens is 560 g/mol. The van der Waals surface area contributed by atoms with Gasteiger partial charge in [0.2, 0.25) is 0 Å². The summed E-state index contributed by atoms with van der Waals surface area (Å²) in [4.78, 5) is 44.9. The second-order valence-electron chi connectivity index (χ2n) is 11.7. The summed E-state index contributed by atoms with van der Waals surface area (Å²) >= 11 is 0. The molecule has 4 aromatic rings. The third-order valence-corrected chi connectivity index (χ3v) is 7.60. The van der Waals surface area contributed by atoms with E-state index in [1.807, 2.05) is 39.8 Å². The molecule has 0 unspecified atom stereocenters. The monoisotopic (exact) mass is 596 g/mol. The highest BCUT2D eigenvalue weighted by molar-refractivity contribution is 6.07. The van der Waals surface area contributed by atoms with Gasteiger partial charge in [0, 0.05) is 37.6 Å². The standard InChI is InChI=1S/C33H36N6O5/c1-20-23(7-6-8-25(20)36-30(41)24-11-10-22(17-28(24)40)33(2,3)4)26-18-27(32(43)38(5)37-26)35-29-12-9-21(19-34-29)31(42)39-13-15-44-16-14-39/h6-12,17-19,40H,13-16H2,1-5H3,(H,34,35)(H,36,41). The number of hydrogen-bond donors (Lipinski definition) is 3. The highest BCUT2D eigenvalue weighted by atomic mass is 16.5. The number of phenols is 1. The Morgan fingerprint density at radius 3 is 2.41 bits per heavy atom. The molecule has 0 atom stereocenters. The number of pyridine rings is 1. The predicted molar refractivity (Wildman–Crippen MR) is 169 cm³/mol. The van der Waals surface area contributed by atoms with Crippen LogP contribution in [0.25, 0.3) is 11.3 Å². The lowest BCUT2D eigenvalue weighted by molar-refractivity contribution is 0.0302. The Morgan fingerprint density at radius 2 is 1.75 bits per heavy atom. The van der Waals surface area contributed by atoms with E-state index in [4.69, 9.17) is 4.74 Å².